The molecule has 0 fully saturated rings. The van der Waals surface area contributed by atoms with E-state index in [1.807, 2.05) is 0 Å². The number of carbonyl (C=O) groups is 1. The van der Waals surface area contributed by atoms with Crippen LogP contribution >= 0.6 is 12.6 Å². The first-order valence-electron chi connectivity index (χ1n) is 7.86. The van der Waals surface area contributed by atoms with Gasteiger partial charge in [-0.1, -0.05) is 12.1 Å². The van der Waals surface area contributed by atoms with Gasteiger partial charge in [0.25, 0.3) is 0 Å². The Morgan fingerprint density at radius 3 is 2.62 bits per heavy atom. The largest absolute Gasteiger partial charge is 0.494 e. The maximum absolute atomic E-state index is 13.0. The van der Waals surface area contributed by atoms with Crippen molar-refractivity contribution in [1.29, 1.82) is 0 Å². The topological polar surface area (TPSA) is 60.5 Å². The summed E-state index contributed by atoms with van der Waals surface area (Å²) >= 11 is 4.28. The van der Waals surface area contributed by atoms with E-state index in [4.69, 9.17) is 9.47 Å². The molecule has 1 unspecified atom stereocenters. The van der Waals surface area contributed by atoms with E-state index in [0.717, 1.165) is 6.07 Å². The van der Waals surface area contributed by atoms with Crippen LogP contribution in [0.4, 0.5) is 13.2 Å². The van der Waals surface area contributed by atoms with E-state index in [2.05, 4.69) is 22.9 Å². The third-order valence-electron chi connectivity index (χ3n) is 3.72. The summed E-state index contributed by atoms with van der Waals surface area (Å²) in [5.41, 5.74) is -0.228. The normalized spacial score (nSPS) is 12.8. The molecule has 1 atom stereocenters. The average molecular weight is 388 g/mol. The zero-order chi connectivity index (χ0) is 19.3. The van der Waals surface area contributed by atoms with Crippen molar-refractivity contribution in [3.05, 3.63) is 35.5 Å². The van der Waals surface area contributed by atoms with Gasteiger partial charge in [0.15, 0.2) is 0 Å². The van der Waals surface area contributed by atoms with Crippen LogP contribution in [0, 0.1) is 0 Å². The second-order valence-electron chi connectivity index (χ2n) is 5.37. The Kier molecular flexibility index (Phi) is 6.71. The molecule has 142 valence electrons. The molecule has 0 bridgehead atoms. The lowest BCUT2D eigenvalue weighted by atomic mass is 10.0. The standard InChI is InChI=1S/C17H19F3N2O3S/c1-3-25-15(23)8-21-12(9-26)10-4-6-13(24-2)16-11(10)5-7-14(22-16)17(18,19)20/h4-7,12,21,26H,3,8-9H2,1-2H3. The fraction of sp³-hybridized carbons (Fsp3) is 0.412. The number of aromatic nitrogens is 1. The predicted octanol–water partition coefficient (Wildman–Crippen LogP) is 3.39. The Labute approximate surface area is 154 Å². The van der Waals surface area contributed by atoms with Crippen LogP contribution < -0.4 is 10.1 Å². The Hall–Kier alpha value is -2.00. The van der Waals surface area contributed by atoms with Gasteiger partial charge < -0.3 is 9.47 Å². The van der Waals surface area contributed by atoms with E-state index in [1.165, 1.54) is 13.2 Å². The maximum atomic E-state index is 13.0. The Bertz CT molecular complexity index is 784. The molecule has 0 aliphatic carbocycles. The lowest BCUT2D eigenvalue weighted by molar-refractivity contribution is -0.142. The summed E-state index contributed by atoms with van der Waals surface area (Å²) in [4.78, 5) is 15.3. The smallest absolute Gasteiger partial charge is 0.433 e. The van der Waals surface area contributed by atoms with Gasteiger partial charge in [-0.2, -0.15) is 25.8 Å². The van der Waals surface area contributed by atoms with Crippen molar-refractivity contribution in [2.75, 3.05) is 26.0 Å². The molecule has 0 spiro atoms. The molecule has 26 heavy (non-hydrogen) atoms. The average Bonchev–Trinajstić information content (AvgIpc) is 2.61. The van der Waals surface area contributed by atoms with E-state index >= 15 is 0 Å². The molecule has 0 aliphatic heterocycles. The van der Waals surface area contributed by atoms with Crippen molar-refractivity contribution in [3.8, 4) is 5.75 Å². The molecule has 1 aromatic heterocycles. The van der Waals surface area contributed by atoms with Gasteiger partial charge in [0.05, 0.1) is 20.3 Å². The highest BCUT2D eigenvalue weighted by Crippen LogP contribution is 2.35. The van der Waals surface area contributed by atoms with Crippen LogP contribution in [0.25, 0.3) is 10.9 Å². The van der Waals surface area contributed by atoms with Gasteiger partial charge in [-0.3, -0.25) is 10.1 Å². The third-order valence-corrected chi connectivity index (χ3v) is 4.09. The Balaban J connectivity index is 2.44. The van der Waals surface area contributed by atoms with Gasteiger partial charge in [0.1, 0.15) is 17.0 Å². The van der Waals surface area contributed by atoms with E-state index in [9.17, 15) is 18.0 Å². The fourth-order valence-corrected chi connectivity index (χ4v) is 2.86. The summed E-state index contributed by atoms with van der Waals surface area (Å²) in [6.07, 6.45) is -4.56. The molecule has 5 nitrogen and oxygen atoms in total. The summed E-state index contributed by atoms with van der Waals surface area (Å²) in [7, 11) is 1.37. The second-order valence-corrected chi connectivity index (χ2v) is 5.73. The molecule has 0 aliphatic rings. The Morgan fingerprint density at radius 1 is 1.31 bits per heavy atom. The second kappa shape index (κ2) is 8.59. The molecule has 1 aromatic carbocycles. The first kappa shape index (κ1) is 20.3. The number of nitrogens with zero attached hydrogens (tertiary/aromatic N) is 1. The number of fused-ring (bicyclic) bond motifs is 1. The van der Waals surface area contributed by atoms with Gasteiger partial charge >= 0.3 is 12.1 Å². The predicted molar refractivity (Wildman–Crippen MR) is 94.5 cm³/mol. The molecule has 0 radical (unpaired) electrons. The number of rotatable bonds is 7. The molecule has 2 aromatic rings. The number of alkyl halides is 3. The van der Waals surface area contributed by atoms with E-state index < -0.39 is 17.8 Å². The number of hydrogen-bond acceptors (Lipinski definition) is 6. The van der Waals surface area contributed by atoms with Crippen molar-refractivity contribution in [2.45, 2.75) is 19.1 Å². The quantitative estimate of drug-likeness (QED) is 0.563. The van der Waals surface area contributed by atoms with Crippen LogP contribution in [-0.2, 0) is 15.7 Å². The highest BCUT2D eigenvalue weighted by atomic mass is 32.1. The summed E-state index contributed by atoms with van der Waals surface area (Å²) < 4.78 is 49.0. The number of thiol groups is 1. The van der Waals surface area contributed by atoms with Crippen molar-refractivity contribution in [1.82, 2.24) is 10.3 Å². The Morgan fingerprint density at radius 2 is 2.04 bits per heavy atom. The maximum Gasteiger partial charge on any atom is 0.433 e. The minimum Gasteiger partial charge on any atom is -0.494 e. The van der Waals surface area contributed by atoms with Crippen LogP contribution in [-0.4, -0.2) is 37.0 Å². The molecule has 1 heterocycles. The van der Waals surface area contributed by atoms with Gasteiger partial charge in [-0.15, -0.1) is 0 Å². The number of methoxy groups -OCH3 is 1. The lowest BCUT2D eigenvalue weighted by Gasteiger charge is -2.20. The highest BCUT2D eigenvalue weighted by molar-refractivity contribution is 7.80. The molecule has 0 amide bonds. The van der Waals surface area contributed by atoms with Gasteiger partial charge in [0, 0.05) is 17.2 Å². The zero-order valence-corrected chi connectivity index (χ0v) is 15.2. The summed E-state index contributed by atoms with van der Waals surface area (Å²) in [6, 6.07) is 5.16. The lowest BCUT2D eigenvalue weighted by Crippen LogP contribution is -2.30. The number of carbonyl (C=O) groups excluding carboxylic acids is 1. The molecule has 0 saturated carbocycles. The van der Waals surface area contributed by atoms with Crippen LogP contribution in [0.15, 0.2) is 24.3 Å². The molecular formula is C17H19F3N2O3S. The third kappa shape index (κ3) is 4.59. The zero-order valence-electron chi connectivity index (χ0n) is 14.3. The number of esters is 1. The van der Waals surface area contributed by atoms with Crippen molar-refractivity contribution in [2.24, 2.45) is 0 Å². The first-order valence-corrected chi connectivity index (χ1v) is 8.49. The minimum atomic E-state index is -4.56. The number of pyridine rings is 1. The first-order chi connectivity index (χ1) is 12.3. The number of nitrogens with one attached hydrogen (secondary N) is 1. The van der Waals surface area contributed by atoms with Gasteiger partial charge in [-0.05, 0) is 24.6 Å². The summed E-state index contributed by atoms with van der Waals surface area (Å²) in [5.74, 6) is 0.134. The molecular weight excluding hydrogens is 369 g/mol. The number of benzene rings is 1. The van der Waals surface area contributed by atoms with E-state index in [1.54, 1.807) is 19.1 Å². The highest BCUT2D eigenvalue weighted by Gasteiger charge is 2.33. The summed E-state index contributed by atoms with van der Waals surface area (Å²) in [6.45, 7) is 1.93. The number of halogens is 3. The monoisotopic (exact) mass is 388 g/mol. The molecule has 2 rings (SSSR count). The van der Waals surface area contributed by atoms with E-state index in [-0.39, 0.29) is 30.5 Å². The van der Waals surface area contributed by atoms with Gasteiger partial charge in [-0.25, -0.2) is 4.98 Å². The number of ether oxygens (including phenoxy) is 2. The molecule has 0 saturated heterocycles. The molecule has 9 heteroatoms. The van der Waals surface area contributed by atoms with E-state index in [0.29, 0.717) is 16.7 Å². The van der Waals surface area contributed by atoms with Crippen molar-refractivity contribution >= 4 is 29.5 Å². The van der Waals surface area contributed by atoms with Crippen LogP contribution in [0.1, 0.15) is 24.2 Å². The fourth-order valence-electron chi connectivity index (χ4n) is 2.53. The van der Waals surface area contributed by atoms with Crippen molar-refractivity contribution < 1.29 is 27.4 Å². The van der Waals surface area contributed by atoms with Crippen LogP contribution in [0.5, 0.6) is 5.75 Å². The minimum absolute atomic E-state index is 0.0410. The SMILES string of the molecule is CCOC(=O)CNC(CS)c1ccc(OC)c2nc(C(F)(F)F)ccc12. The van der Waals surface area contributed by atoms with Crippen LogP contribution in [0.3, 0.4) is 0 Å². The van der Waals surface area contributed by atoms with Crippen molar-refractivity contribution in [3.63, 3.8) is 0 Å². The number of hydrogen-bond donors (Lipinski definition) is 2. The molecule has 1 N–H and O–H groups in total. The van der Waals surface area contributed by atoms with Crippen LogP contribution in [0.2, 0.25) is 0 Å². The summed E-state index contributed by atoms with van der Waals surface area (Å²) in [5, 5.41) is 3.50. The van der Waals surface area contributed by atoms with Gasteiger partial charge in [0.2, 0.25) is 0 Å².